The van der Waals surface area contributed by atoms with Crippen LogP contribution in [0.15, 0.2) is 18.2 Å². The van der Waals surface area contributed by atoms with Crippen molar-refractivity contribution in [1.82, 2.24) is 10.2 Å². The summed E-state index contributed by atoms with van der Waals surface area (Å²) < 4.78 is 0. The first-order valence-electron chi connectivity index (χ1n) is 6.06. The van der Waals surface area contributed by atoms with E-state index in [0.717, 1.165) is 24.4 Å². The highest BCUT2D eigenvalue weighted by atomic mass is 16.1. The van der Waals surface area contributed by atoms with E-state index in [9.17, 15) is 4.79 Å². The molecule has 88 valence electrons. The Morgan fingerprint density at radius 3 is 3.00 bits per heavy atom. The quantitative estimate of drug-likeness (QED) is 0.837. The summed E-state index contributed by atoms with van der Waals surface area (Å²) >= 11 is 0. The third kappa shape index (κ3) is 1.60. The van der Waals surface area contributed by atoms with E-state index < -0.39 is 0 Å². The summed E-state index contributed by atoms with van der Waals surface area (Å²) in [5, 5.41) is 10.1. The first kappa shape index (κ1) is 10.3. The molecule has 1 aromatic heterocycles. The molecule has 1 amide bonds. The summed E-state index contributed by atoms with van der Waals surface area (Å²) in [6, 6.07) is 0. The van der Waals surface area contributed by atoms with E-state index in [-0.39, 0.29) is 5.91 Å². The van der Waals surface area contributed by atoms with Gasteiger partial charge in [-0.3, -0.25) is 9.89 Å². The molecule has 0 fully saturated rings. The Labute approximate surface area is 99.8 Å². The van der Waals surface area contributed by atoms with Crippen molar-refractivity contribution in [3.63, 3.8) is 0 Å². The first-order chi connectivity index (χ1) is 8.29. The van der Waals surface area contributed by atoms with Crippen molar-refractivity contribution in [2.75, 3.05) is 5.32 Å². The molecule has 0 saturated carbocycles. The zero-order valence-electron chi connectivity index (χ0n) is 9.79. The van der Waals surface area contributed by atoms with Gasteiger partial charge in [0.05, 0.1) is 5.69 Å². The van der Waals surface area contributed by atoms with Gasteiger partial charge in [0.15, 0.2) is 5.82 Å². The molecule has 0 bridgehead atoms. The van der Waals surface area contributed by atoms with E-state index in [4.69, 9.17) is 0 Å². The molecular formula is C13H15N3O. The number of aromatic nitrogens is 2. The van der Waals surface area contributed by atoms with Crippen molar-refractivity contribution in [2.24, 2.45) is 0 Å². The van der Waals surface area contributed by atoms with Gasteiger partial charge in [0.25, 0.3) is 0 Å². The van der Waals surface area contributed by atoms with Gasteiger partial charge in [-0.25, -0.2) is 0 Å². The van der Waals surface area contributed by atoms with E-state index in [1.807, 2.05) is 6.08 Å². The normalized spacial score (nSPS) is 21.6. The van der Waals surface area contributed by atoms with Crippen molar-refractivity contribution >= 4 is 17.3 Å². The second-order valence-corrected chi connectivity index (χ2v) is 4.58. The van der Waals surface area contributed by atoms with Crippen molar-refractivity contribution in [3.05, 3.63) is 29.5 Å². The molecule has 1 atom stereocenters. The number of nitrogens with one attached hydrogen (secondary N) is 2. The highest BCUT2D eigenvalue weighted by Gasteiger charge is 2.30. The topological polar surface area (TPSA) is 57.8 Å². The zero-order chi connectivity index (χ0) is 11.8. The van der Waals surface area contributed by atoms with Crippen LogP contribution in [0.3, 0.4) is 0 Å². The smallest absolute Gasteiger partial charge is 0.226 e. The molecule has 0 radical (unpaired) electrons. The number of carbonyl (C=O) groups is 1. The predicted octanol–water partition coefficient (Wildman–Crippen LogP) is 2.59. The van der Waals surface area contributed by atoms with Gasteiger partial charge in [-0.1, -0.05) is 31.6 Å². The van der Waals surface area contributed by atoms with Crippen LogP contribution in [-0.2, 0) is 4.79 Å². The fourth-order valence-electron chi connectivity index (χ4n) is 2.53. The summed E-state index contributed by atoms with van der Waals surface area (Å²) in [5.41, 5.74) is 3.43. The standard InChI is InChI=1S/C13H15N3O/c1-2-4-9-7-10(17)14-13-11(9)12(15-16-13)8-5-3-6-8/h3,5-6,9H,2,4,7H2,1H3,(H2,14,15,16,17). The molecule has 17 heavy (non-hydrogen) atoms. The lowest BCUT2D eigenvalue weighted by molar-refractivity contribution is -0.116. The molecule has 1 aliphatic carbocycles. The molecule has 0 saturated heterocycles. The Balaban J connectivity index is 2.02. The highest BCUT2D eigenvalue weighted by molar-refractivity contribution is 5.95. The molecule has 1 aliphatic heterocycles. The van der Waals surface area contributed by atoms with Gasteiger partial charge in [0, 0.05) is 12.0 Å². The predicted molar refractivity (Wildman–Crippen MR) is 66.6 cm³/mol. The summed E-state index contributed by atoms with van der Waals surface area (Å²) in [6.45, 7) is 2.15. The van der Waals surface area contributed by atoms with Crippen molar-refractivity contribution in [3.8, 4) is 0 Å². The Morgan fingerprint density at radius 2 is 2.35 bits per heavy atom. The van der Waals surface area contributed by atoms with Gasteiger partial charge in [0.1, 0.15) is 0 Å². The number of hydrogen-bond donors (Lipinski definition) is 2. The first-order valence-corrected chi connectivity index (χ1v) is 6.06. The maximum Gasteiger partial charge on any atom is 0.226 e. The Morgan fingerprint density at radius 1 is 1.53 bits per heavy atom. The lowest BCUT2D eigenvalue weighted by Gasteiger charge is -2.23. The third-order valence-electron chi connectivity index (χ3n) is 3.38. The zero-order valence-corrected chi connectivity index (χ0v) is 9.79. The average molecular weight is 229 g/mol. The van der Waals surface area contributed by atoms with E-state index >= 15 is 0 Å². The summed E-state index contributed by atoms with van der Waals surface area (Å²) in [4.78, 5) is 11.6. The molecule has 2 aliphatic rings. The number of H-pyrrole nitrogens is 1. The summed E-state index contributed by atoms with van der Waals surface area (Å²) in [6.07, 6.45) is 8.82. The van der Waals surface area contributed by atoms with E-state index in [1.54, 1.807) is 0 Å². The minimum absolute atomic E-state index is 0.0760. The second kappa shape index (κ2) is 3.87. The fraction of sp³-hybridized carbons (Fsp3) is 0.385. The molecule has 1 aromatic rings. The van der Waals surface area contributed by atoms with Gasteiger partial charge < -0.3 is 5.32 Å². The summed E-state index contributed by atoms with van der Waals surface area (Å²) in [5.74, 6) is 1.09. The van der Waals surface area contributed by atoms with Gasteiger partial charge in [0.2, 0.25) is 5.91 Å². The van der Waals surface area contributed by atoms with Crippen LogP contribution in [0, 0.1) is 0 Å². The fourth-order valence-corrected chi connectivity index (χ4v) is 2.53. The number of amides is 1. The maximum atomic E-state index is 11.6. The maximum absolute atomic E-state index is 11.6. The van der Waals surface area contributed by atoms with Gasteiger partial charge in [-0.15, -0.1) is 0 Å². The van der Waals surface area contributed by atoms with Crippen LogP contribution >= 0.6 is 0 Å². The SMILES string of the molecule is CCCC1CC(=O)Nc2n[nH]c(C3=CC=C3)c21. The van der Waals surface area contributed by atoms with Crippen LogP contribution in [0.4, 0.5) is 5.82 Å². The van der Waals surface area contributed by atoms with Crippen LogP contribution in [0.2, 0.25) is 0 Å². The van der Waals surface area contributed by atoms with Gasteiger partial charge >= 0.3 is 0 Å². The lowest BCUT2D eigenvalue weighted by atomic mass is 9.85. The van der Waals surface area contributed by atoms with Crippen molar-refractivity contribution in [2.45, 2.75) is 32.1 Å². The van der Waals surface area contributed by atoms with Crippen LogP contribution < -0.4 is 5.32 Å². The van der Waals surface area contributed by atoms with E-state index in [2.05, 4.69) is 34.6 Å². The van der Waals surface area contributed by atoms with Gasteiger partial charge in [-0.05, 0) is 17.9 Å². The lowest BCUT2D eigenvalue weighted by Crippen LogP contribution is -2.23. The van der Waals surface area contributed by atoms with Crippen LogP contribution in [0.5, 0.6) is 0 Å². The summed E-state index contributed by atoms with van der Waals surface area (Å²) in [7, 11) is 0. The average Bonchev–Trinajstić information content (AvgIpc) is 2.59. The monoisotopic (exact) mass is 229 g/mol. The molecule has 0 spiro atoms. The molecule has 3 rings (SSSR count). The number of nitrogens with zero attached hydrogens (tertiary/aromatic N) is 1. The van der Waals surface area contributed by atoms with Crippen molar-refractivity contribution < 1.29 is 4.79 Å². The third-order valence-corrected chi connectivity index (χ3v) is 3.38. The number of fused-ring (bicyclic) bond motifs is 1. The largest absolute Gasteiger partial charge is 0.309 e. The van der Waals surface area contributed by atoms with E-state index in [0.29, 0.717) is 12.3 Å². The molecule has 4 nitrogen and oxygen atoms in total. The second-order valence-electron chi connectivity index (χ2n) is 4.58. The Bertz CT molecular complexity index is 525. The molecule has 1 unspecified atom stereocenters. The van der Waals surface area contributed by atoms with Gasteiger partial charge in [-0.2, -0.15) is 5.10 Å². The molecular weight excluding hydrogens is 214 g/mol. The number of aromatic amines is 1. The number of carbonyl (C=O) groups excluding carboxylic acids is 1. The molecule has 2 N–H and O–H groups in total. The number of rotatable bonds is 3. The number of anilines is 1. The van der Waals surface area contributed by atoms with Crippen molar-refractivity contribution in [1.29, 1.82) is 0 Å². The number of allylic oxidation sites excluding steroid dienone is 4. The molecule has 4 heteroatoms. The Hall–Kier alpha value is -1.84. The van der Waals surface area contributed by atoms with Crippen LogP contribution in [0.25, 0.3) is 5.57 Å². The van der Waals surface area contributed by atoms with E-state index in [1.165, 1.54) is 11.1 Å². The highest BCUT2D eigenvalue weighted by Crippen LogP contribution is 2.39. The Kier molecular flexibility index (Phi) is 2.35. The minimum Gasteiger partial charge on any atom is -0.309 e. The van der Waals surface area contributed by atoms with Crippen LogP contribution in [-0.4, -0.2) is 16.1 Å². The molecule has 2 heterocycles. The molecule has 0 aromatic carbocycles. The number of hydrogen-bond acceptors (Lipinski definition) is 2. The minimum atomic E-state index is 0.0760. The van der Waals surface area contributed by atoms with Crippen LogP contribution in [0.1, 0.15) is 43.4 Å².